The van der Waals surface area contributed by atoms with Gasteiger partial charge in [-0.3, -0.25) is 9.69 Å². The molecule has 0 aliphatic carbocycles. The van der Waals surface area contributed by atoms with Gasteiger partial charge in [0.2, 0.25) is 0 Å². The number of esters is 1. The quantitative estimate of drug-likeness (QED) is 0.800. The Morgan fingerprint density at radius 1 is 1.46 bits per heavy atom. The third-order valence-electron chi connectivity index (χ3n) is 3.95. The van der Waals surface area contributed by atoms with E-state index < -0.39 is 18.1 Å². The number of aromatic nitrogens is 1. The first-order valence-corrected chi connectivity index (χ1v) is 8.44. The van der Waals surface area contributed by atoms with Gasteiger partial charge in [-0.1, -0.05) is 0 Å². The summed E-state index contributed by atoms with van der Waals surface area (Å²) in [5, 5.41) is 2.92. The van der Waals surface area contributed by atoms with Crippen LogP contribution >= 0.6 is 11.3 Å². The van der Waals surface area contributed by atoms with Gasteiger partial charge in [-0.15, -0.1) is 11.3 Å². The van der Waals surface area contributed by atoms with Crippen molar-refractivity contribution >= 4 is 28.9 Å². The molecule has 0 saturated heterocycles. The predicted octanol–water partition coefficient (Wildman–Crippen LogP) is 2.79. The Kier molecular flexibility index (Phi) is 4.28. The molecule has 1 aliphatic rings. The molecule has 0 N–H and O–H groups in total. The van der Waals surface area contributed by atoms with Crippen LogP contribution in [0.4, 0.5) is 5.69 Å². The minimum atomic E-state index is -0.736. The molecule has 7 heteroatoms. The Balaban J connectivity index is 2.09. The van der Waals surface area contributed by atoms with E-state index >= 15 is 0 Å². The largest absolute Gasteiger partial charge is 0.479 e. The summed E-state index contributed by atoms with van der Waals surface area (Å²) < 4.78 is 10.5. The molecule has 3 rings (SSSR count). The van der Waals surface area contributed by atoms with Crippen LogP contribution in [0.5, 0.6) is 5.75 Å². The first-order chi connectivity index (χ1) is 11.4. The van der Waals surface area contributed by atoms with Gasteiger partial charge in [0.15, 0.2) is 6.10 Å². The summed E-state index contributed by atoms with van der Waals surface area (Å²) in [4.78, 5) is 30.5. The van der Waals surface area contributed by atoms with Gasteiger partial charge in [0.25, 0.3) is 5.91 Å². The molecular formula is C17H18N2O4S. The summed E-state index contributed by atoms with van der Waals surface area (Å²) in [5.41, 5.74) is 2.25. The normalized spacial score (nSPS) is 17.9. The molecule has 126 valence electrons. The highest BCUT2D eigenvalue weighted by atomic mass is 32.1. The van der Waals surface area contributed by atoms with Crippen molar-refractivity contribution in [2.75, 3.05) is 12.0 Å². The molecule has 1 amide bonds. The number of anilines is 1. The lowest BCUT2D eigenvalue weighted by Gasteiger charge is -2.35. The minimum absolute atomic E-state index is 0.271. The molecule has 0 bridgehead atoms. The zero-order chi connectivity index (χ0) is 17.4. The number of carbonyl (C=O) groups excluding carboxylic acids is 2. The molecule has 2 atom stereocenters. The third-order valence-corrected chi connectivity index (χ3v) is 4.73. The van der Waals surface area contributed by atoms with Crippen molar-refractivity contribution in [2.45, 2.75) is 32.9 Å². The Morgan fingerprint density at radius 3 is 2.83 bits per heavy atom. The molecule has 0 radical (unpaired) electrons. The van der Waals surface area contributed by atoms with Crippen molar-refractivity contribution in [1.29, 1.82) is 0 Å². The fourth-order valence-electron chi connectivity index (χ4n) is 2.69. The lowest BCUT2D eigenvalue weighted by Crippen LogP contribution is -2.51. The van der Waals surface area contributed by atoms with Crippen molar-refractivity contribution < 1.29 is 19.1 Å². The number of amides is 1. The first kappa shape index (κ1) is 16.4. The standard InChI is InChI=1S/C17H18N2O4S/c1-9(17(21)22-4)19-14-7-12(13-8-24-11(3)18-13)5-6-15(14)23-10(2)16(19)20/h5-10H,1-4H3. The number of carbonyl (C=O) groups is 2. The Bertz CT molecular complexity index is 802. The van der Waals surface area contributed by atoms with E-state index in [9.17, 15) is 9.59 Å². The molecule has 0 spiro atoms. The molecule has 0 saturated carbocycles. The molecule has 1 aromatic carbocycles. The van der Waals surface area contributed by atoms with Crippen LogP contribution in [-0.4, -0.2) is 36.1 Å². The highest BCUT2D eigenvalue weighted by Crippen LogP contribution is 2.38. The van der Waals surface area contributed by atoms with Crippen molar-refractivity contribution in [3.8, 4) is 17.0 Å². The second kappa shape index (κ2) is 6.24. The van der Waals surface area contributed by atoms with E-state index in [1.54, 1.807) is 31.3 Å². The lowest BCUT2D eigenvalue weighted by molar-refractivity contribution is -0.143. The Labute approximate surface area is 144 Å². The van der Waals surface area contributed by atoms with E-state index in [1.807, 2.05) is 24.4 Å². The number of aryl methyl sites for hydroxylation is 1. The van der Waals surface area contributed by atoms with E-state index in [-0.39, 0.29) is 5.91 Å². The topological polar surface area (TPSA) is 68.7 Å². The van der Waals surface area contributed by atoms with Crippen LogP contribution in [-0.2, 0) is 14.3 Å². The predicted molar refractivity (Wildman–Crippen MR) is 91.3 cm³/mol. The molecule has 0 fully saturated rings. The number of fused-ring (bicyclic) bond motifs is 1. The van der Waals surface area contributed by atoms with Crippen molar-refractivity contribution in [2.24, 2.45) is 0 Å². The molecular weight excluding hydrogens is 328 g/mol. The number of benzene rings is 1. The summed E-state index contributed by atoms with van der Waals surface area (Å²) in [6.45, 7) is 5.25. The number of thiazole rings is 1. The molecule has 1 aromatic heterocycles. The monoisotopic (exact) mass is 346 g/mol. The van der Waals surface area contributed by atoms with Crippen LogP contribution in [0.2, 0.25) is 0 Å². The van der Waals surface area contributed by atoms with Gasteiger partial charge in [0.05, 0.1) is 23.5 Å². The van der Waals surface area contributed by atoms with E-state index in [2.05, 4.69) is 4.98 Å². The lowest BCUT2D eigenvalue weighted by atomic mass is 10.1. The summed E-state index contributed by atoms with van der Waals surface area (Å²) in [5.74, 6) is -0.182. The average molecular weight is 346 g/mol. The van der Waals surface area contributed by atoms with Crippen molar-refractivity contribution in [3.05, 3.63) is 28.6 Å². The number of nitrogens with zero attached hydrogens (tertiary/aromatic N) is 2. The average Bonchev–Trinajstić information content (AvgIpc) is 3.01. The second-order valence-corrected chi connectivity index (χ2v) is 6.66. The zero-order valence-corrected chi connectivity index (χ0v) is 14.7. The number of hydrogen-bond donors (Lipinski definition) is 0. The van der Waals surface area contributed by atoms with Crippen LogP contribution in [0.15, 0.2) is 23.6 Å². The Hall–Kier alpha value is -2.41. The number of rotatable bonds is 3. The first-order valence-electron chi connectivity index (χ1n) is 7.56. The summed E-state index contributed by atoms with van der Waals surface area (Å²) in [6, 6.07) is 4.79. The second-order valence-electron chi connectivity index (χ2n) is 5.60. The minimum Gasteiger partial charge on any atom is -0.479 e. The molecule has 2 aromatic rings. The third kappa shape index (κ3) is 2.75. The maximum absolute atomic E-state index is 12.6. The van der Waals surface area contributed by atoms with Crippen LogP contribution in [0.25, 0.3) is 11.3 Å². The molecule has 2 heterocycles. The van der Waals surface area contributed by atoms with Crippen molar-refractivity contribution in [1.82, 2.24) is 4.98 Å². The van der Waals surface area contributed by atoms with Gasteiger partial charge in [-0.25, -0.2) is 9.78 Å². The highest BCUT2D eigenvalue weighted by molar-refractivity contribution is 7.09. The van der Waals surface area contributed by atoms with E-state index in [4.69, 9.17) is 9.47 Å². The molecule has 24 heavy (non-hydrogen) atoms. The number of hydrogen-bond acceptors (Lipinski definition) is 6. The fourth-order valence-corrected chi connectivity index (χ4v) is 3.31. The van der Waals surface area contributed by atoms with Crippen LogP contribution in [0.3, 0.4) is 0 Å². The van der Waals surface area contributed by atoms with Gasteiger partial charge in [-0.05, 0) is 39.0 Å². The van der Waals surface area contributed by atoms with Gasteiger partial charge in [0.1, 0.15) is 11.8 Å². The van der Waals surface area contributed by atoms with Gasteiger partial charge in [0, 0.05) is 10.9 Å². The number of ether oxygens (including phenoxy) is 2. The zero-order valence-electron chi connectivity index (χ0n) is 13.9. The van der Waals surface area contributed by atoms with Gasteiger partial charge in [-0.2, -0.15) is 0 Å². The number of methoxy groups -OCH3 is 1. The maximum Gasteiger partial charge on any atom is 0.328 e. The van der Waals surface area contributed by atoms with Gasteiger partial charge >= 0.3 is 5.97 Å². The molecule has 1 aliphatic heterocycles. The van der Waals surface area contributed by atoms with Crippen molar-refractivity contribution in [3.63, 3.8) is 0 Å². The maximum atomic E-state index is 12.6. The van der Waals surface area contributed by atoms with Crippen LogP contribution < -0.4 is 9.64 Å². The van der Waals surface area contributed by atoms with E-state index in [1.165, 1.54) is 12.0 Å². The summed E-state index contributed by atoms with van der Waals surface area (Å²) in [7, 11) is 1.31. The smallest absolute Gasteiger partial charge is 0.328 e. The Morgan fingerprint density at radius 2 is 2.21 bits per heavy atom. The van der Waals surface area contributed by atoms with E-state index in [0.29, 0.717) is 11.4 Å². The highest BCUT2D eigenvalue weighted by Gasteiger charge is 2.37. The van der Waals surface area contributed by atoms with E-state index in [0.717, 1.165) is 16.3 Å². The van der Waals surface area contributed by atoms with Gasteiger partial charge < -0.3 is 9.47 Å². The summed E-state index contributed by atoms with van der Waals surface area (Å²) >= 11 is 1.56. The molecule has 2 unspecified atom stereocenters. The van der Waals surface area contributed by atoms with Crippen LogP contribution in [0.1, 0.15) is 18.9 Å². The molecule has 6 nitrogen and oxygen atoms in total. The fraction of sp³-hybridized carbons (Fsp3) is 0.353. The summed E-state index contributed by atoms with van der Waals surface area (Å²) in [6.07, 6.45) is -0.656. The van der Waals surface area contributed by atoms with Crippen LogP contribution in [0, 0.1) is 6.92 Å². The SMILES string of the molecule is COC(=O)C(C)N1C(=O)C(C)Oc2ccc(-c3csc(C)n3)cc21.